The lowest BCUT2D eigenvalue weighted by atomic mass is 10.1. The maximum absolute atomic E-state index is 11.4. The molecule has 0 aliphatic carbocycles. The first kappa shape index (κ1) is 15.2. The van der Waals surface area contributed by atoms with Gasteiger partial charge < -0.3 is 15.4 Å². The zero-order valence-electron chi connectivity index (χ0n) is 10.8. The number of unbranched alkanes of at least 4 members (excludes halogenated alkanes) is 2. The van der Waals surface area contributed by atoms with E-state index in [9.17, 15) is 4.79 Å². The van der Waals surface area contributed by atoms with Crippen LogP contribution < -0.4 is 10.6 Å². The molecule has 0 bridgehead atoms. The molecule has 0 saturated carbocycles. The van der Waals surface area contributed by atoms with Crippen LogP contribution in [-0.4, -0.2) is 32.3 Å². The Morgan fingerprint density at radius 3 is 2.69 bits per heavy atom. The van der Waals surface area contributed by atoms with E-state index in [0.717, 1.165) is 12.8 Å². The van der Waals surface area contributed by atoms with E-state index in [0.29, 0.717) is 13.2 Å². The highest BCUT2D eigenvalue weighted by molar-refractivity contribution is 5.74. The molecule has 4 heteroatoms. The van der Waals surface area contributed by atoms with E-state index in [-0.39, 0.29) is 12.1 Å². The van der Waals surface area contributed by atoms with Gasteiger partial charge >= 0.3 is 6.03 Å². The molecule has 2 N–H and O–H groups in total. The van der Waals surface area contributed by atoms with Gasteiger partial charge in [-0.2, -0.15) is 0 Å². The van der Waals surface area contributed by atoms with Crippen LogP contribution in [0.3, 0.4) is 0 Å². The van der Waals surface area contributed by atoms with Gasteiger partial charge in [-0.25, -0.2) is 4.79 Å². The topological polar surface area (TPSA) is 50.4 Å². The van der Waals surface area contributed by atoms with E-state index in [4.69, 9.17) is 4.74 Å². The number of amides is 2. The molecule has 0 saturated heterocycles. The molecule has 0 aliphatic rings. The molecule has 0 unspecified atom stereocenters. The number of hydrogen-bond donors (Lipinski definition) is 2. The second-order valence-corrected chi connectivity index (χ2v) is 4.14. The molecule has 0 aromatic carbocycles. The van der Waals surface area contributed by atoms with Gasteiger partial charge in [-0.15, -0.1) is 0 Å². The number of nitrogens with one attached hydrogen (secondary N) is 2. The fourth-order valence-electron chi connectivity index (χ4n) is 1.47. The Hall–Kier alpha value is -0.770. The summed E-state index contributed by atoms with van der Waals surface area (Å²) in [4.78, 5) is 11.4. The third kappa shape index (κ3) is 9.77. The lowest BCUT2D eigenvalue weighted by Crippen LogP contribution is -2.41. The molecule has 2 amide bonds. The van der Waals surface area contributed by atoms with Crippen molar-refractivity contribution in [3.05, 3.63) is 0 Å². The SMILES string of the molecule is CCCCC[C@@H](C)NC(=O)NCCCOC. The van der Waals surface area contributed by atoms with Crippen molar-refractivity contribution in [1.29, 1.82) is 0 Å². The third-order valence-corrected chi connectivity index (χ3v) is 2.43. The van der Waals surface area contributed by atoms with Crippen LogP contribution in [0.25, 0.3) is 0 Å². The minimum absolute atomic E-state index is 0.0694. The van der Waals surface area contributed by atoms with Crippen LogP contribution in [0.1, 0.15) is 46.0 Å². The predicted molar refractivity (Wildman–Crippen MR) is 66.6 cm³/mol. The van der Waals surface area contributed by atoms with Crippen molar-refractivity contribution in [2.45, 2.75) is 52.0 Å². The molecule has 0 aliphatic heterocycles. The summed E-state index contributed by atoms with van der Waals surface area (Å²) >= 11 is 0. The van der Waals surface area contributed by atoms with Crippen molar-refractivity contribution in [2.75, 3.05) is 20.3 Å². The molecular weight excluding hydrogens is 204 g/mol. The molecular formula is C12H26N2O2. The molecule has 0 aromatic rings. The van der Waals surface area contributed by atoms with E-state index in [1.165, 1.54) is 19.3 Å². The number of ether oxygens (including phenoxy) is 1. The summed E-state index contributed by atoms with van der Waals surface area (Å²) in [5, 5.41) is 5.73. The van der Waals surface area contributed by atoms with Crippen LogP contribution in [0.5, 0.6) is 0 Å². The number of carbonyl (C=O) groups is 1. The van der Waals surface area contributed by atoms with E-state index in [2.05, 4.69) is 17.6 Å². The highest BCUT2D eigenvalue weighted by Gasteiger charge is 2.05. The first-order chi connectivity index (χ1) is 7.70. The lowest BCUT2D eigenvalue weighted by molar-refractivity contribution is 0.193. The Bertz CT molecular complexity index is 174. The second-order valence-electron chi connectivity index (χ2n) is 4.14. The van der Waals surface area contributed by atoms with Gasteiger partial charge in [0, 0.05) is 26.3 Å². The zero-order valence-corrected chi connectivity index (χ0v) is 10.8. The minimum Gasteiger partial charge on any atom is -0.385 e. The average Bonchev–Trinajstić information content (AvgIpc) is 2.25. The quantitative estimate of drug-likeness (QED) is 0.597. The summed E-state index contributed by atoms with van der Waals surface area (Å²) in [6.07, 6.45) is 5.55. The summed E-state index contributed by atoms with van der Waals surface area (Å²) in [7, 11) is 1.66. The highest BCUT2D eigenvalue weighted by atomic mass is 16.5. The van der Waals surface area contributed by atoms with Crippen LogP contribution in [0.15, 0.2) is 0 Å². The van der Waals surface area contributed by atoms with Crippen LogP contribution >= 0.6 is 0 Å². The molecule has 0 aromatic heterocycles. The Morgan fingerprint density at radius 2 is 2.06 bits per heavy atom. The minimum atomic E-state index is -0.0694. The van der Waals surface area contributed by atoms with Gasteiger partial charge in [-0.3, -0.25) is 0 Å². The molecule has 0 heterocycles. The van der Waals surface area contributed by atoms with Crippen molar-refractivity contribution >= 4 is 6.03 Å². The van der Waals surface area contributed by atoms with Crippen molar-refractivity contribution < 1.29 is 9.53 Å². The van der Waals surface area contributed by atoms with E-state index in [1.54, 1.807) is 7.11 Å². The molecule has 0 fully saturated rings. The monoisotopic (exact) mass is 230 g/mol. The summed E-state index contributed by atoms with van der Waals surface area (Å²) < 4.78 is 4.90. The van der Waals surface area contributed by atoms with Gasteiger partial charge in [0.15, 0.2) is 0 Å². The van der Waals surface area contributed by atoms with Crippen molar-refractivity contribution in [1.82, 2.24) is 10.6 Å². The zero-order chi connectivity index (χ0) is 12.2. The van der Waals surface area contributed by atoms with E-state index < -0.39 is 0 Å². The van der Waals surface area contributed by atoms with Gasteiger partial charge in [-0.1, -0.05) is 26.2 Å². The molecule has 16 heavy (non-hydrogen) atoms. The average molecular weight is 230 g/mol. The number of hydrogen-bond acceptors (Lipinski definition) is 2. The molecule has 1 atom stereocenters. The highest BCUT2D eigenvalue weighted by Crippen LogP contribution is 2.02. The number of carbonyl (C=O) groups excluding carboxylic acids is 1. The molecule has 4 nitrogen and oxygen atoms in total. The van der Waals surface area contributed by atoms with Crippen LogP contribution in [0, 0.1) is 0 Å². The molecule has 0 rings (SSSR count). The number of urea groups is 1. The standard InChI is InChI=1S/C12H26N2O2/c1-4-5-6-8-11(2)14-12(15)13-9-7-10-16-3/h11H,4-10H2,1-3H3,(H2,13,14,15)/t11-/m1/s1. The van der Waals surface area contributed by atoms with Crippen LogP contribution in [-0.2, 0) is 4.74 Å². The Balaban J connectivity index is 3.39. The summed E-state index contributed by atoms with van der Waals surface area (Å²) in [6.45, 7) is 5.58. The summed E-state index contributed by atoms with van der Waals surface area (Å²) in [5.41, 5.74) is 0. The Morgan fingerprint density at radius 1 is 1.31 bits per heavy atom. The smallest absolute Gasteiger partial charge is 0.314 e. The first-order valence-corrected chi connectivity index (χ1v) is 6.24. The van der Waals surface area contributed by atoms with Gasteiger partial charge in [-0.05, 0) is 19.8 Å². The van der Waals surface area contributed by atoms with Gasteiger partial charge in [0.05, 0.1) is 0 Å². The van der Waals surface area contributed by atoms with Crippen molar-refractivity contribution in [2.24, 2.45) is 0 Å². The summed E-state index contributed by atoms with van der Waals surface area (Å²) in [6, 6.07) is 0.189. The van der Waals surface area contributed by atoms with Gasteiger partial charge in [0.2, 0.25) is 0 Å². The van der Waals surface area contributed by atoms with Crippen molar-refractivity contribution in [3.8, 4) is 0 Å². The Kier molecular flexibility index (Phi) is 10.2. The maximum Gasteiger partial charge on any atom is 0.314 e. The van der Waals surface area contributed by atoms with Gasteiger partial charge in [0.25, 0.3) is 0 Å². The van der Waals surface area contributed by atoms with E-state index >= 15 is 0 Å². The van der Waals surface area contributed by atoms with Crippen LogP contribution in [0.4, 0.5) is 4.79 Å². The largest absolute Gasteiger partial charge is 0.385 e. The predicted octanol–water partition coefficient (Wildman–Crippen LogP) is 2.29. The second kappa shape index (κ2) is 10.7. The lowest BCUT2D eigenvalue weighted by Gasteiger charge is -2.14. The third-order valence-electron chi connectivity index (χ3n) is 2.43. The normalized spacial score (nSPS) is 12.2. The fourth-order valence-corrected chi connectivity index (χ4v) is 1.47. The van der Waals surface area contributed by atoms with E-state index in [1.807, 2.05) is 6.92 Å². The van der Waals surface area contributed by atoms with Crippen LogP contribution in [0.2, 0.25) is 0 Å². The summed E-state index contributed by atoms with van der Waals surface area (Å²) in [5.74, 6) is 0. The van der Waals surface area contributed by atoms with Crippen molar-refractivity contribution in [3.63, 3.8) is 0 Å². The number of rotatable bonds is 9. The molecule has 96 valence electrons. The maximum atomic E-state index is 11.4. The molecule has 0 spiro atoms. The first-order valence-electron chi connectivity index (χ1n) is 6.24. The van der Waals surface area contributed by atoms with Gasteiger partial charge in [0.1, 0.15) is 0 Å². The fraction of sp³-hybridized carbons (Fsp3) is 0.917. The Labute approximate surface area is 99.1 Å². The molecule has 0 radical (unpaired) electrons. The number of methoxy groups -OCH3 is 1.